The summed E-state index contributed by atoms with van der Waals surface area (Å²) in [6.07, 6.45) is 0.670. The van der Waals surface area contributed by atoms with Crippen LogP contribution in [0.4, 0.5) is 10.5 Å². The highest BCUT2D eigenvalue weighted by atomic mass is 16.3. The topological polar surface area (TPSA) is 61.4 Å². The number of carbonyl (C=O) groups is 1. The Morgan fingerprint density at radius 3 is 2.56 bits per heavy atom. The van der Waals surface area contributed by atoms with Crippen LogP contribution in [-0.2, 0) is 0 Å². The molecule has 1 unspecified atom stereocenters. The lowest BCUT2D eigenvalue weighted by molar-refractivity contribution is 0.172. The molecule has 0 fully saturated rings. The van der Waals surface area contributed by atoms with Gasteiger partial charge in [-0.3, -0.25) is 0 Å². The van der Waals surface area contributed by atoms with Crippen molar-refractivity contribution in [3.63, 3.8) is 0 Å². The first-order valence-electron chi connectivity index (χ1n) is 6.17. The van der Waals surface area contributed by atoms with Crippen molar-refractivity contribution in [2.75, 3.05) is 11.9 Å². The highest BCUT2D eigenvalue weighted by molar-refractivity contribution is 5.90. The third-order valence-corrected chi connectivity index (χ3v) is 3.17. The number of aliphatic hydroxyl groups is 1. The molecule has 0 aliphatic heterocycles. The summed E-state index contributed by atoms with van der Waals surface area (Å²) >= 11 is 0. The minimum atomic E-state index is -0.581. The highest BCUT2D eigenvalue weighted by Crippen LogP contribution is 2.16. The lowest BCUT2D eigenvalue weighted by Gasteiger charge is -2.27. The number of amides is 2. The van der Waals surface area contributed by atoms with Gasteiger partial charge < -0.3 is 15.7 Å². The number of rotatable bonds is 4. The van der Waals surface area contributed by atoms with Crippen LogP contribution in [0, 0.1) is 13.8 Å². The largest absolute Gasteiger partial charge is 0.394 e. The normalized spacial score (nSPS) is 13.8. The van der Waals surface area contributed by atoms with Crippen LogP contribution in [0.2, 0.25) is 0 Å². The monoisotopic (exact) mass is 250 g/mol. The Bertz CT molecular complexity index is 426. The van der Waals surface area contributed by atoms with Crippen LogP contribution in [0.15, 0.2) is 18.2 Å². The van der Waals surface area contributed by atoms with E-state index in [1.807, 2.05) is 45.9 Å². The van der Waals surface area contributed by atoms with Gasteiger partial charge in [0.1, 0.15) is 0 Å². The Morgan fingerprint density at radius 1 is 1.39 bits per heavy atom. The lowest BCUT2D eigenvalue weighted by atomic mass is 10.0. The van der Waals surface area contributed by atoms with Gasteiger partial charge in [-0.1, -0.05) is 24.6 Å². The van der Waals surface area contributed by atoms with E-state index in [2.05, 4.69) is 10.6 Å². The van der Waals surface area contributed by atoms with Gasteiger partial charge in [-0.15, -0.1) is 0 Å². The van der Waals surface area contributed by atoms with E-state index in [0.717, 1.165) is 16.8 Å². The third kappa shape index (κ3) is 3.74. The molecule has 0 aromatic heterocycles. The second-order valence-electron chi connectivity index (χ2n) is 4.97. The van der Waals surface area contributed by atoms with Crippen LogP contribution in [0.5, 0.6) is 0 Å². The van der Waals surface area contributed by atoms with E-state index in [0.29, 0.717) is 6.42 Å². The van der Waals surface area contributed by atoms with Crippen molar-refractivity contribution in [1.82, 2.24) is 5.32 Å². The quantitative estimate of drug-likeness (QED) is 0.769. The molecule has 2 amide bonds. The molecule has 0 heterocycles. The zero-order chi connectivity index (χ0) is 13.8. The number of hydrogen-bond acceptors (Lipinski definition) is 2. The maximum Gasteiger partial charge on any atom is 0.319 e. The van der Waals surface area contributed by atoms with E-state index in [4.69, 9.17) is 0 Å². The van der Waals surface area contributed by atoms with Crippen LogP contribution < -0.4 is 10.6 Å². The molecule has 18 heavy (non-hydrogen) atoms. The third-order valence-electron chi connectivity index (χ3n) is 3.17. The van der Waals surface area contributed by atoms with E-state index < -0.39 is 5.54 Å². The van der Waals surface area contributed by atoms with E-state index in [9.17, 15) is 9.90 Å². The molecule has 0 aliphatic rings. The van der Waals surface area contributed by atoms with E-state index in [-0.39, 0.29) is 12.6 Å². The van der Waals surface area contributed by atoms with Crippen molar-refractivity contribution >= 4 is 11.7 Å². The molecule has 0 spiro atoms. The van der Waals surface area contributed by atoms with Gasteiger partial charge in [-0.25, -0.2) is 4.79 Å². The Labute approximate surface area is 108 Å². The predicted octanol–water partition coefficient (Wildman–Crippen LogP) is 2.59. The molecule has 100 valence electrons. The van der Waals surface area contributed by atoms with Gasteiger partial charge in [-0.05, 0) is 38.8 Å². The van der Waals surface area contributed by atoms with Gasteiger partial charge >= 0.3 is 6.03 Å². The summed E-state index contributed by atoms with van der Waals surface area (Å²) in [6, 6.07) is 5.56. The van der Waals surface area contributed by atoms with Crippen LogP contribution in [-0.4, -0.2) is 23.3 Å². The summed E-state index contributed by atoms with van der Waals surface area (Å²) in [5.41, 5.74) is 2.39. The molecule has 0 radical (unpaired) electrons. The molecule has 0 saturated heterocycles. The molecular formula is C14H22N2O2. The summed E-state index contributed by atoms with van der Waals surface area (Å²) in [5, 5.41) is 14.8. The average molecular weight is 250 g/mol. The van der Waals surface area contributed by atoms with Gasteiger partial charge in [0.25, 0.3) is 0 Å². The molecule has 4 heteroatoms. The number of aryl methyl sites for hydroxylation is 2. The molecule has 4 nitrogen and oxygen atoms in total. The smallest absolute Gasteiger partial charge is 0.319 e. The van der Waals surface area contributed by atoms with Crippen LogP contribution >= 0.6 is 0 Å². The first-order chi connectivity index (χ1) is 8.40. The summed E-state index contributed by atoms with van der Waals surface area (Å²) in [5.74, 6) is 0. The molecule has 0 saturated carbocycles. The lowest BCUT2D eigenvalue weighted by Crippen LogP contribution is -2.50. The predicted molar refractivity (Wildman–Crippen MR) is 73.9 cm³/mol. The van der Waals surface area contributed by atoms with E-state index in [1.54, 1.807) is 0 Å². The number of hydrogen-bond donors (Lipinski definition) is 3. The first kappa shape index (κ1) is 14.5. The minimum Gasteiger partial charge on any atom is -0.394 e. The molecule has 1 rings (SSSR count). The van der Waals surface area contributed by atoms with Crippen molar-refractivity contribution in [2.45, 2.75) is 39.7 Å². The van der Waals surface area contributed by atoms with Crippen molar-refractivity contribution in [3.05, 3.63) is 29.3 Å². The Morgan fingerprint density at radius 2 is 2.06 bits per heavy atom. The summed E-state index contributed by atoms with van der Waals surface area (Å²) in [6.45, 7) is 7.62. The molecule has 0 aliphatic carbocycles. The fourth-order valence-electron chi connectivity index (χ4n) is 1.62. The number of benzene rings is 1. The van der Waals surface area contributed by atoms with E-state index >= 15 is 0 Å². The van der Waals surface area contributed by atoms with Crippen molar-refractivity contribution in [2.24, 2.45) is 0 Å². The average Bonchev–Trinajstić information content (AvgIpc) is 2.32. The zero-order valence-corrected chi connectivity index (χ0v) is 11.5. The van der Waals surface area contributed by atoms with Gasteiger partial charge in [0, 0.05) is 5.69 Å². The van der Waals surface area contributed by atoms with Crippen LogP contribution in [0.25, 0.3) is 0 Å². The Balaban J connectivity index is 2.70. The Kier molecular flexibility index (Phi) is 4.73. The number of nitrogens with one attached hydrogen (secondary N) is 2. The van der Waals surface area contributed by atoms with Gasteiger partial charge in [0.2, 0.25) is 0 Å². The summed E-state index contributed by atoms with van der Waals surface area (Å²) in [4.78, 5) is 11.8. The number of aliphatic hydroxyl groups excluding tert-OH is 1. The van der Waals surface area contributed by atoms with Gasteiger partial charge in [-0.2, -0.15) is 0 Å². The fourth-order valence-corrected chi connectivity index (χ4v) is 1.62. The molecule has 0 bridgehead atoms. The second kappa shape index (κ2) is 5.87. The maximum absolute atomic E-state index is 11.8. The second-order valence-corrected chi connectivity index (χ2v) is 4.97. The van der Waals surface area contributed by atoms with Crippen molar-refractivity contribution in [1.29, 1.82) is 0 Å². The minimum absolute atomic E-state index is 0.0796. The number of urea groups is 1. The summed E-state index contributed by atoms with van der Waals surface area (Å²) in [7, 11) is 0. The molecule has 3 N–H and O–H groups in total. The van der Waals surface area contributed by atoms with Gasteiger partial charge in [0.05, 0.1) is 12.1 Å². The standard InChI is InChI=1S/C14H22N2O2/c1-5-14(4,9-17)16-13(18)15-12-7-6-10(2)8-11(12)3/h6-8,17H,5,9H2,1-4H3,(H2,15,16,18). The first-order valence-corrected chi connectivity index (χ1v) is 6.17. The highest BCUT2D eigenvalue weighted by Gasteiger charge is 2.23. The number of anilines is 1. The molecule has 1 aromatic rings. The van der Waals surface area contributed by atoms with Crippen molar-refractivity contribution < 1.29 is 9.90 Å². The van der Waals surface area contributed by atoms with Gasteiger partial charge in [0.15, 0.2) is 0 Å². The molecular weight excluding hydrogens is 228 g/mol. The summed E-state index contributed by atoms with van der Waals surface area (Å²) < 4.78 is 0. The number of carbonyl (C=O) groups excluding carboxylic acids is 1. The van der Waals surface area contributed by atoms with Crippen molar-refractivity contribution in [3.8, 4) is 0 Å². The SMILES string of the molecule is CCC(C)(CO)NC(=O)Nc1ccc(C)cc1C. The Hall–Kier alpha value is -1.55. The van der Waals surface area contributed by atoms with Crippen LogP contribution in [0.3, 0.4) is 0 Å². The maximum atomic E-state index is 11.8. The molecule has 1 aromatic carbocycles. The zero-order valence-electron chi connectivity index (χ0n) is 11.5. The van der Waals surface area contributed by atoms with E-state index in [1.165, 1.54) is 0 Å². The fraction of sp³-hybridized carbons (Fsp3) is 0.500. The molecule has 1 atom stereocenters. The van der Waals surface area contributed by atoms with Crippen LogP contribution in [0.1, 0.15) is 31.4 Å².